The number of hydrogen-bond donors (Lipinski definition) is 2. The van der Waals surface area contributed by atoms with Gasteiger partial charge in [0.2, 0.25) is 0 Å². The first kappa shape index (κ1) is 13.7. The third kappa shape index (κ3) is 3.01. The molecule has 0 fully saturated rings. The molecule has 6 heteroatoms. The van der Waals surface area contributed by atoms with Gasteiger partial charge in [0.05, 0.1) is 11.3 Å². The largest absolute Gasteiger partial charge is 0.398 e. The van der Waals surface area contributed by atoms with E-state index in [4.69, 9.17) is 5.73 Å². The van der Waals surface area contributed by atoms with Crippen LogP contribution in [0.1, 0.15) is 10.4 Å². The van der Waals surface area contributed by atoms with Crippen molar-refractivity contribution in [2.75, 3.05) is 11.1 Å². The summed E-state index contributed by atoms with van der Waals surface area (Å²) in [6, 6.07) is 8.67. The van der Waals surface area contributed by atoms with Crippen LogP contribution in [-0.4, -0.2) is 5.91 Å². The van der Waals surface area contributed by atoms with Gasteiger partial charge in [0.15, 0.2) is 11.6 Å². The highest BCUT2D eigenvalue weighted by molar-refractivity contribution is 14.1. The number of nitrogens with one attached hydrogen (secondary N) is 1. The molecule has 19 heavy (non-hydrogen) atoms. The average Bonchev–Trinajstić information content (AvgIpc) is 2.36. The number of nitrogens with two attached hydrogens (primary N) is 1. The Labute approximate surface area is 121 Å². The molecule has 0 heterocycles. The Balaban J connectivity index is 2.31. The summed E-state index contributed by atoms with van der Waals surface area (Å²) >= 11 is 2.05. The molecule has 2 aromatic rings. The Morgan fingerprint density at radius 3 is 2.47 bits per heavy atom. The van der Waals surface area contributed by atoms with E-state index in [2.05, 4.69) is 27.9 Å². The minimum atomic E-state index is -1.11. The van der Waals surface area contributed by atoms with Crippen LogP contribution >= 0.6 is 22.6 Å². The van der Waals surface area contributed by atoms with Gasteiger partial charge in [0, 0.05) is 15.3 Å². The Kier molecular flexibility index (Phi) is 3.98. The van der Waals surface area contributed by atoms with Gasteiger partial charge < -0.3 is 11.1 Å². The predicted molar refractivity (Wildman–Crippen MR) is 77.9 cm³/mol. The minimum Gasteiger partial charge on any atom is -0.398 e. The second-order valence-electron chi connectivity index (χ2n) is 3.79. The molecule has 3 N–H and O–H groups in total. The molecular weight excluding hydrogens is 365 g/mol. The molecule has 1 amide bonds. The number of rotatable bonds is 2. The van der Waals surface area contributed by atoms with Gasteiger partial charge in [-0.15, -0.1) is 0 Å². The van der Waals surface area contributed by atoms with Crippen molar-refractivity contribution in [2.45, 2.75) is 0 Å². The van der Waals surface area contributed by atoms with E-state index in [9.17, 15) is 13.6 Å². The SMILES string of the molecule is Nc1cc(F)c(F)cc1C(=O)Nc1ccccc1I. The molecule has 0 saturated carbocycles. The van der Waals surface area contributed by atoms with Gasteiger partial charge in [-0.3, -0.25) is 4.79 Å². The number of carbonyl (C=O) groups excluding carboxylic acids is 1. The number of amides is 1. The summed E-state index contributed by atoms with van der Waals surface area (Å²) in [5, 5.41) is 2.60. The number of anilines is 2. The zero-order chi connectivity index (χ0) is 14.0. The van der Waals surface area contributed by atoms with Crippen molar-refractivity contribution >= 4 is 39.9 Å². The lowest BCUT2D eigenvalue weighted by Crippen LogP contribution is -2.15. The van der Waals surface area contributed by atoms with Gasteiger partial charge in [0.1, 0.15) is 0 Å². The predicted octanol–water partition coefficient (Wildman–Crippen LogP) is 3.40. The highest BCUT2D eigenvalue weighted by Crippen LogP contribution is 2.21. The van der Waals surface area contributed by atoms with E-state index >= 15 is 0 Å². The van der Waals surface area contributed by atoms with Crippen LogP contribution < -0.4 is 11.1 Å². The standard InChI is InChI=1S/C13H9F2IN2O/c14-8-5-7(11(17)6-9(8)15)13(19)18-12-4-2-1-3-10(12)16/h1-6H,17H2,(H,18,19). The summed E-state index contributed by atoms with van der Waals surface area (Å²) < 4.78 is 26.9. The molecule has 0 radical (unpaired) electrons. The minimum absolute atomic E-state index is 0.0986. The molecule has 0 spiro atoms. The Morgan fingerprint density at radius 1 is 1.16 bits per heavy atom. The fourth-order valence-electron chi connectivity index (χ4n) is 1.51. The van der Waals surface area contributed by atoms with Crippen LogP contribution in [0, 0.1) is 15.2 Å². The smallest absolute Gasteiger partial charge is 0.257 e. The molecule has 0 atom stereocenters. The molecule has 0 aliphatic carbocycles. The van der Waals surface area contributed by atoms with Crippen LogP contribution in [0.15, 0.2) is 36.4 Å². The van der Waals surface area contributed by atoms with Crippen LogP contribution in [0.5, 0.6) is 0 Å². The molecule has 0 aliphatic heterocycles. The molecule has 0 unspecified atom stereocenters. The Hall–Kier alpha value is -1.70. The van der Waals surface area contributed by atoms with Crippen LogP contribution in [0.2, 0.25) is 0 Å². The van der Waals surface area contributed by atoms with Gasteiger partial charge in [-0.25, -0.2) is 8.78 Å². The van der Waals surface area contributed by atoms with E-state index in [1.807, 2.05) is 12.1 Å². The monoisotopic (exact) mass is 374 g/mol. The van der Waals surface area contributed by atoms with Gasteiger partial charge in [-0.05, 0) is 40.8 Å². The second kappa shape index (κ2) is 5.52. The van der Waals surface area contributed by atoms with Crippen molar-refractivity contribution in [3.8, 4) is 0 Å². The summed E-state index contributed by atoms with van der Waals surface area (Å²) in [5.41, 5.74) is 5.89. The zero-order valence-electron chi connectivity index (χ0n) is 9.58. The summed E-state index contributed by atoms with van der Waals surface area (Å²) in [4.78, 5) is 12.0. The molecular formula is C13H9F2IN2O. The summed E-state index contributed by atoms with van der Waals surface area (Å²) in [7, 11) is 0. The number of hydrogen-bond acceptors (Lipinski definition) is 2. The number of carbonyl (C=O) groups is 1. The number of para-hydroxylation sites is 1. The molecule has 0 saturated heterocycles. The van der Waals surface area contributed by atoms with Gasteiger partial charge in [-0.2, -0.15) is 0 Å². The Bertz CT molecular complexity index is 647. The first-order valence-corrected chi connectivity index (χ1v) is 6.37. The zero-order valence-corrected chi connectivity index (χ0v) is 11.7. The molecule has 2 aromatic carbocycles. The molecule has 0 bridgehead atoms. The summed E-state index contributed by atoms with van der Waals surface area (Å²) in [6.07, 6.45) is 0. The van der Waals surface area contributed by atoms with Gasteiger partial charge in [-0.1, -0.05) is 12.1 Å². The first-order chi connectivity index (χ1) is 8.99. The van der Waals surface area contributed by atoms with Crippen LogP contribution in [0.4, 0.5) is 20.2 Å². The van der Waals surface area contributed by atoms with Crippen molar-refractivity contribution in [1.82, 2.24) is 0 Å². The molecule has 2 rings (SSSR count). The maximum absolute atomic E-state index is 13.1. The number of nitrogen functional groups attached to an aromatic ring is 1. The van der Waals surface area contributed by atoms with Crippen molar-refractivity contribution in [2.24, 2.45) is 0 Å². The lowest BCUT2D eigenvalue weighted by Gasteiger charge is -2.09. The lowest BCUT2D eigenvalue weighted by molar-refractivity contribution is 0.102. The van der Waals surface area contributed by atoms with Crippen LogP contribution in [0.3, 0.4) is 0 Å². The number of benzene rings is 2. The fourth-order valence-corrected chi connectivity index (χ4v) is 2.03. The third-order valence-electron chi connectivity index (χ3n) is 2.46. The second-order valence-corrected chi connectivity index (χ2v) is 4.95. The molecule has 98 valence electrons. The highest BCUT2D eigenvalue weighted by Gasteiger charge is 2.15. The summed E-state index contributed by atoms with van der Waals surface area (Å²) in [6.45, 7) is 0. The Morgan fingerprint density at radius 2 is 1.79 bits per heavy atom. The maximum atomic E-state index is 13.1. The normalized spacial score (nSPS) is 10.3. The van der Waals surface area contributed by atoms with E-state index in [1.165, 1.54) is 0 Å². The van der Waals surface area contributed by atoms with E-state index in [0.29, 0.717) is 5.69 Å². The van der Waals surface area contributed by atoms with E-state index in [-0.39, 0.29) is 11.3 Å². The third-order valence-corrected chi connectivity index (χ3v) is 3.40. The van der Waals surface area contributed by atoms with Crippen molar-refractivity contribution < 1.29 is 13.6 Å². The molecule has 3 nitrogen and oxygen atoms in total. The first-order valence-electron chi connectivity index (χ1n) is 5.29. The molecule has 0 aromatic heterocycles. The van der Waals surface area contributed by atoms with Gasteiger partial charge in [0.25, 0.3) is 5.91 Å². The van der Waals surface area contributed by atoms with Crippen molar-refractivity contribution in [3.05, 3.63) is 57.2 Å². The van der Waals surface area contributed by atoms with Crippen molar-refractivity contribution in [1.29, 1.82) is 0 Å². The summed E-state index contributed by atoms with van der Waals surface area (Å²) in [5.74, 6) is -2.77. The quantitative estimate of drug-likeness (QED) is 0.626. The lowest BCUT2D eigenvalue weighted by atomic mass is 10.1. The van der Waals surface area contributed by atoms with Crippen LogP contribution in [-0.2, 0) is 0 Å². The van der Waals surface area contributed by atoms with Crippen molar-refractivity contribution in [3.63, 3.8) is 0 Å². The maximum Gasteiger partial charge on any atom is 0.257 e. The highest BCUT2D eigenvalue weighted by atomic mass is 127. The van der Waals surface area contributed by atoms with Gasteiger partial charge >= 0.3 is 0 Å². The van der Waals surface area contributed by atoms with Crippen LogP contribution in [0.25, 0.3) is 0 Å². The topological polar surface area (TPSA) is 55.1 Å². The molecule has 0 aliphatic rings. The van der Waals surface area contributed by atoms with E-state index in [0.717, 1.165) is 15.7 Å². The number of halogens is 3. The average molecular weight is 374 g/mol. The van der Waals surface area contributed by atoms with E-state index < -0.39 is 17.5 Å². The van der Waals surface area contributed by atoms with E-state index in [1.54, 1.807) is 12.1 Å². The fraction of sp³-hybridized carbons (Fsp3) is 0.